The number of benzene rings is 2. The molecule has 14 nitrogen and oxygen atoms in total. The molecule has 2 aromatic carbocycles. The summed E-state index contributed by atoms with van der Waals surface area (Å²) in [5, 5.41) is 8.81. The fourth-order valence-corrected chi connectivity index (χ4v) is 3.94. The molecule has 2 heterocycles. The summed E-state index contributed by atoms with van der Waals surface area (Å²) in [4.78, 5) is 49.0. The van der Waals surface area contributed by atoms with Crippen molar-refractivity contribution in [1.82, 2.24) is 15.6 Å². The summed E-state index contributed by atoms with van der Waals surface area (Å²) in [5.41, 5.74) is 21.7. The number of nitrogens with one attached hydrogen (secondary N) is 4. The number of H-pyrrole nitrogens is 1. The number of ether oxygens (including phenoxy) is 1. The average molecular weight is 521 g/mol. The molecule has 12 N–H and O–H groups in total. The van der Waals surface area contributed by atoms with Gasteiger partial charge in [0.2, 0.25) is 5.91 Å². The van der Waals surface area contributed by atoms with E-state index in [2.05, 4.69) is 30.9 Å². The second-order valence-corrected chi connectivity index (χ2v) is 8.50. The highest BCUT2D eigenvalue weighted by Gasteiger charge is 2.47. The number of rotatable bonds is 9. The number of carbonyl (C=O) groups is 3. The minimum atomic E-state index is -1.72. The molecule has 3 aromatic rings. The van der Waals surface area contributed by atoms with Crippen LogP contribution < -0.4 is 43.6 Å². The maximum Gasteiger partial charge on any atom is 0.290 e. The van der Waals surface area contributed by atoms with Gasteiger partial charge in [-0.25, -0.2) is 4.99 Å². The third-order valence-corrected chi connectivity index (χ3v) is 5.62. The zero-order valence-corrected chi connectivity index (χ0v) is 20.3. The molecule has 0 saturated heterocycles. The van der Waals surface area contributed by atoms with E-state index in [-0.39, 0.29) is 43.9 Å². The molecule has 38 heavy (non-hydrogen) atoms. The standard InChI is InChI=1S/C24H28N10O4/c25-22(26)30-8-7-29-20(36)17-10-14-9-15(5-6-16(14)33-17)32-21(37)24(34-19(35)12-31-23(27)28)11-13-3-1-2-4-18(13)38-24/h1-6,9-10,33H,7-8,11-12H2,(H,29,36)(H,32,37)(H,34,35)(H4,25,26,30)(H4,27,28,31). The third kappa shape index (κ3) is 5.92. The zero-order valence-electron chi connectivity index (χ0n) is 20.3. The van der Waals surface area contributed by atoms with Crippen LogP contribution in [0, 0.1) is 0 Å². The minimum absolute atomic E-state index is 0.0542. The number of fused-ring (bicyclic) bond motifs is 2. The van der Waals surface area contributed by atoms with Gasteiger partial charge in [0.15, 0.2) is 11.9 Å². The molecule has 1 atom stereocenters. The van der Waals surface area contributed by atoms with E-state index in [4.69, 9.17) is 27.7 Å². The molecule has 4 rings (SSSR count). The molecule has 3 amide bonds. The van der Waals surface area contributed by atoms with Gasteiger partial charge in [-0.15, -0.1) is 0 Å². The smallest absolute Gasteiger partial charge is 0.290 e. The molecule has 0 spiro atoms. The number of carbonyl (C=O) groups excluding carboxylic acids is 3. The van der Waals surface area contributed by atoms with Crippen LogP contribution in [0.3, 0.4) is 0 Å². The predicted octanol–water partition coefficient (Wildman–Crippen LogP) is -1.17. The van der Waals surface area contributed by atoms with E-state index in [1.165, 1.54) is 0 Å². The van der Waals surface area contributed by atoms with Crippen molar-refractivity contribution in [3.05, 3.63) is 59.8 Å². The van der Waals surface area contributed by atoms with Crippen molar-refractivity contribution >= 4 is 46.2 Å². The van der Waals surface area contributed by atoms with Crippen molar-refractivity contribution in [3.63, 3.8) is 0 Å². The van der Waals surface area contributed by atoms with Crippen LogP contribution in [0.2, 0.25) is 0 Å². The number of para-hydroxylation sites is 1. The van der Waals surface area contributed by atoms with Gasteiger partial charge in [-0.2, -0.15) is 0 Å². The van der Waals surface area contributed by atoms with Crippen LogP contribution in [0.25, 0.3) is 10.9 Å². The Hall–Kier alpha value is -5.27. The van der Waals surface area contributed by atoms with Crippen LogP contribution in [-0.2, 0) is 16.0 Å². The van der Waals surface area contributed by atoms with Gasteiger partial charge in [-0.1, -0.05) is 18.2 Å². The summed E-state index contributed by atoms with van der Waals surface area (Å²) >= 11 is 0. The highest BCUT2D eigenvalue weighted by molar-refractivity contribution is 6.03. The Bertz CT molecular complexity index is 1410. The number of nitrogens with two attached hydrogens (primary N) is 4. The van der Waals surface area contributed by atoms with Crippen molar-refractivity contribution < 1.29 is 19.1 Å². The molecule has 0 fully saturated rings. The first-order chi connectivity index (χ1) is 18.1. The molecule has 0 aliphatic carbocycles. The number of anilines is 1. The molecule has 14 heteroatoms. The fraction of sp³-hybridized carbons (Fsp3) is 0.208. The van der Waals surface area contributed by atoms with E-state index in [0.29, 0.717) is 28.0 Å². The SMILES string of the molecule is NC(N)=NCCNC(=O)c1cc2cc(NC(=O)C3(NC(=O)CN=C(N)N)Cc4ccccc4O3)ccc2[nH]1. The molecule has 1 aliphatic heterocycles. The molecule has 198 valence electrons. The van der Waals surface area contributed by atoms with E-state index < -0.39 is 17.5 Å². The molecular weight excluding hydrogens is 492 g/mol. The van der Waals surface area contributed by atoms with Gasteiger partial charge in [0.25, 0.3) is 17.5 Å². The zero-order chi connectivity index (χ0) is 27.3. The highest BCUT2D eigenvalue weighted by Crippen LogP contribution is 2.34. The van der Waals surface area contributed by atoms with Crippen LogP contribution in [-0.4, -0.2) is 60.0 Å². The van der Waals surface area contributed by atoms with E-state index in [1.807, 2.05) is 12.1 Å². The average Bonchev–Trinajstić information content (AvgIpc) is 3.46. The van der Waals surface area contributed by atoms with E-state index in [9.17, 15) is 14.4 Å². The Balaban J connectivity index is 1.50. The Kier molecular flexibility index (Phi) is 7.32. The minimum Gasteiger partial charge on any atom is -0.458 e. The van der Waals surface area contributed by atoms with Gasteiger partial charge in [0.05, 0.1) is 6.54 Å². The molecular formula is C24H28N10O4. The second kappa shape index (κ2) is 10.8. The number of hydrogen-bond donors (Lipinski definition) is 8. The van der Waals surface area contributed by atoms with Crippen molar-refractivity contribution in [3.8, 4) is 5.75 Å². The molecule has 0 bridgehead atoms. The van der Waals surface area contributed by atoms with Crippen molar-refractivity contribution in [2.45, 2.75) is 12.1 Å². The van der Waals surface area contributed by atoms with Crippen molar-refractivity contribution in [2.75, 3.05) is 25.0 Å². The lowest BCUT2D eigenvalue weighted by atomic mass is 10.0. The first-order valence-electron chi connectivity index (χ1n) is 11.6. The van der Waals surface area contributed by atoms with Crippen LogP contribution in [0.15, 0.2) is 58.5 Å². The van der Waals surface area contributed by atoms with Crippen LogP contribution in [0.4, 0.5) is 5.69 Å². The number of nitrogens with zero attached hydrogens (tertiary/aromatic N) is 2. The van der Waals surface area contributed by atoms with Gasteiger partial charge in [0, 0.05) is 35.1 Å². The normalized spacial score (nSPS) is 15.6. The fourth-order valence-electron chi connectivity index (χ4n) is 3.94. The van der Waals surface area contributed by atoms with Gasteiger partial charge < -0.3 is 48.6 Å². The Morgan fingerprint density at radius 2 is 1.76 bits per heavy atom. The topological polar surface area (TPSA) is 241 Å². The van der Waals surface area contributed by atoms with Crippen LogP contribution in [0.1, 0.15) is 16.1 Å². The second-order valence-electron chi connectivity index (χ2n) is 8.50. The largest absolute Gasteiger partial charge is 0.458 e. The third-order valence-electron chi connectivity index (χ3n) is 5.62. The lowest BCUT2D eigenvalue weighted by Crippen LogP contribution is -2.60. The number of aromatic nitrogens is 1. The molecule has 1 unspecified atom stereocenters. The highest BCUT2D eigenvalue weighted by atomic mass is 16.5. The summed E-state index contributed by atoms with van der Waals surface area (Å²) in [6.07, 6.45) is 0.0964. The molecule has 1 aliphatic rings. The summed E-state index contributed by atoms with van der Waals surface area (Å²) in [6, 6.07) is 13.8. The molecule has 0 saturated carbocycles. The molecule has 0 radical (unpaired) electrons. The first kappa shape index (κ1) is 25.8. The van der Waals surface area contributed by atoms with Crippen molar-refractivity contribution in [1.29, 1.82) is 0 Å². The maximum atomic E-state index is 13.5. The lowest BCUT2D eigenvalue weighted by molar-refractivity contribution is -0.139. The number of aromatic amines is 1. The van der Waals surface area contributed by atoms with Crippen LogP contribution in [0.5, 0.6) is 5.75 Å². The van der Waals surface area contributed by atoms with Gasteiger partial charge in [0.1, 0.15) is 18.0 Å². The summed E-state index contributed by atoms with van der Waals surface area (Å²) in [6.45, 7) is 0.136. The number of aliphatic imine (C=N–C) groups is 2. The van der Waals surface area contributed by atoms with Gasteiger partial charge >= 0.3 is 0 Å². The summed E-state index contributed by atoms with van der Waals surface area (Å²) < 4.78 is 5.95. The van der Waals surface area contributed by atoms with E-state index >= 15 is 0 Å². The van der Waals surface area contributed by atoms with Crippen molar-refractivity contribution in [2.24, 2.45) is 32.9 Å². The molecule has 1 aromatic heterocycles. The predicted molar refractivity (Wildman–Crippen MR) is 142 cm³/mol. The first-order valence-corrected chi connectivity index (χ1v) is 11.6. The van der Waals surface area contributed by atoms with E-state index in [1.54, 1.807) is 36.4 Å². The summed E-state index contributed by atoms with van der Waals surface area (Å²) in [7, 11) is 0. The lowest BCUT2D eigenvalue weighted by Gasteiger charge is -2.28. The summed E-state index contributed by atoms with van der Waals surface area (Å²) in [5.74, 6) is -1.37. The quantitative estimate of drug-likeness (QED) is 0.0968. The number of guanidine groups is 2. The Morgan fingerprint density at radius 1 is 1.00 bits per heavy atom. The monoisotopic (exact) mass is 520 g/mol. The Morgan fingerprint density at radius 3 is 2.50 bits per heavy atom. The van der Waals surface area contributed by atoms with Crippen LogP contribution >= 0.6 is 0 Å². The van der Waals surface area contributed by atoms with E-state index in [0.717, 1.165) is 5.56 Å². The maximum absolute atomic E-state index is 13.5. The number of hydrogen-bond acceptors (Lipinski definition) is 6. The Labute approximate surface area is 216 Å². The van der Waals surface area contributed by atoms with Gasteiger partial charge in [-0.3, -0.25) is 19.4 Å². The number of amides is 3. The van der Waals surface area contributed by atoms with Gasteiger partial charge in [-0.05, 0) is 30.3 Å².